The van der Waals surface area contributed by atoms with Gasteiger partial charge in [0.05, 0.1) is 19.6 Å². The molecule has 1 aromatic carbocycles. The van der Waals surface area contributed by atoms with Gasteiger partial charge in [-0.1, -0.05) is 0 Å². The second-order valence-corrected chi connectivity index (χ2v) is 4.44. The number of methoxy groups -OCH3 is 2. The molecule has 2 aromatic rings. The second kappa shape index (κ2) is 5.84. The van der Waals surface area contributed by atoms with Crippen molar-refractivity contribution in [1.82, 2.24) is 0 Å². The Balaban J connectivity index is 2.69. The summed E-state index contributed by atoms with van der Waals surface area (Å²) in [5.74, 6) is -0.272. The first kappa shape index (κ1) is 14.9. The number of carboxylic acid groups (broad SMARTS) is 1. The molecule has 1 heterocycles. The molecule has 0 bridgehead atoms. The highest BCUT2D eigenvalue weighted by Crippen LogP contribution is 2.33. The molecule has 0 radical (unpaired) electrons. The molecule has 7 nitrogen and oxygen atoms in total. The highest BCUT2D eigenvalue weighted by molar-refractivity contribution is 5.89. The number of hydrogen-bond donors (Lipinski definition) is 2. The summed E-state index contributed by atoms with van der Waals surface area (Å²) in [5.41, 5.74) is 5.66. The number of carbonyl (C=O) groups is 1. The summed E-state index contributed by atoms with van der Waals surface area (Å²) in [6, 6.07) is 3.26. The largest absolute Gasteiger partial charge is 0.496 e. The molecular weight excluding hydrogens is 278 g/mol. The highest BCUT2D eigenvalue weighted by atomic mass is 16.5. The number of rotatable bonds is 5. The lowest BCUT2D eigenvalue weighted by atomic mass is 10.0. The first-order valence-electron chi connectivity index (χ1n) is 6.13. The molecule has 3 N–H and O–H groups in total. The zero-order chi connectivity index (χ0) is 15.6. The molecule has 0 aliphatic carbocycles. The molecule has 1 aromatic heterocycles. The topological polar surface area (TPSA) is 112 Å². The second-order valence-electron chi connectivity index (χ2n) is 4.44. The van der Waals surface area contributed by atoms with Gasteiger partial charge >= 0.3 is 11.6 Å². The minimum absolute atomic E-state index is 0.0138. The fourth-order valence-corrected chi connectivity index (χ4v) is 2.08. The molecule has 1 unspecified atom stereocenters. The predicted octanol–water partition coefficient (Wildman–Crippen LogP) is 0.765. The number of hydrogen-bond acceptors (Lipinski definition) is 6. The highest BCUT2D eigenvalue weighted by Gasteiger charge is 2.18. The maximum atomic E-state index is 11.6. The molecule has 0 fully saturated rings. The van der Waals surface area contributed by atoms with Gasteiger partial charge in [0.25, 0.3) is 0 Å². The van der Waals surface area contributed by atoms with Gasteiger partial charge in [0.1, 0.15) is 23.1 Å². The molecule has 0 aliphatic rings. The monoisotopic (exact) mass is 293 g/mol. The summed E-state index contributed by atoms with van der Waals surface area (Å²) >= 11 is 0. The van der Waals surface area contributed by atoms with Gasteiger partial charge in [-0.25, -0.2) is 4.79 Å². The number of aliphatic carboxylic acids is 1. The van der Waals surface area contributed by atoms with E-state index >= 15 is 0 Å². The fourth-order valence-electron chi connectivity index (χ4n) is 2.08. The maximum absolute atomic E-state index is 11.6. The van der Waals surface area contributed by atoms with Crippen molar-refractivity contribution in [1.29, 1.82) is 0 Å². The smallest absolute Gasteiger partial charge is 0.336 e. The maximum Gasteiger partial charge on any atom is 0.336 e. The lowest BCUT2D eigenvalue weighted by Gasteiger charge is -2.13. The molecule has 0 aliphatic heterocycles. The standard InChI is InChI=1S/C14H15NO6/c1-19-8-5-10(20-2)13-7(3-9(15)14(17)18)4-12(16)21-11(13)6-8/h4-6,9H,3,15H2,1-2H3,(H,17,18). The van der Waals surface area contributed by atoms with Gasteiger partial charge < -0.3 is 24.7 Å². The van der Waals surface area contributed by atoms with E-state index in [4.69, 9.17) is 24.7 Å². The molecule has 0 spiro atoms. The summed E-state index contributed by atoms with van der Waals surface area (Å²) in [6.07, 6.45) is -0.0138. The van der Waals surface area contributed by atoms with Crippen LogP contribution in [-0.4, -0.2) is 31.3 Å². The van der Waals surface area contributed by atoms with Crippen LogP contribution in [0, 0.1) is 0 Å². The molecule has 0 amide bonds. The Kier molecular flexibility index (Phi) is 4.13. The summed E-state index contributed by atoms with van der Waals surface area (Å²) in [6.45, 7) is 0. The van der Waals surface area contributed by atoms with Gasteiger partial charge in [0.2, 0.25) is 0 Å². The average molecular weight is 293 g/mol. The normalized spacial score (nSPS) is 12.1. The zero-order valence-corrected chi connectivity index (χ0v) is 11.6. The summed E-state index contributed by atoms with van der Waals surface area (Å²) in [7, 11) is 2.93. The van der Waals surface area contributed by atoms with Crippen LogP contribution < -0.4 is 20.8 Å². The average Bonchev–Trinajstić information content (AvgIpc) is 2.45. The van der Waals surface area contributed by atoms with Gasteiger partial charge in [0, 0.05) is 18.2 Å². The minimum atomic E-state index is -1.15. The van der Waals surface area contributed by atoms with E-state index in [0.717, 1.165) is 0 Å². The van der Waals surface area contributed by atoms with Crippen molar-refractivity contribution in [3.05, 3.63) is 34.2 Å². The van der Waals surface area contributed by atoms with E-state index in [0.29, 0.717) is 22.4 Å². The van der Waals surface area contributed by atoms with Gasteiger partial charge in [-0.2, -0.15) is 0 Å². The number of carboxylic acids is 1. The molecule has 0 saturated heterocycles. The van der Waals surface area contributed by atoms with Crippen LogP contribution in [0.15, 0.2) is 27.4 Å². The van der Waals surface area contributed by atoms with Gasteiger partial charge in [-0.05, 0) is 12.0 Å². The Bertz CT molecular complexity index is 736. The van der Waals surface area contributed by atoms with Gasteiger partial charge in [0.15, 0.2) is 0 Å². The van der Waals surface area contributed by atoms with Crippen LogP contribution in [0.4, 0.5) is 0 Å². The predicted molar refractivity (Wildman–Crippen MR) is 74.9 cm³/mol. The van der Waals surface area contributed by atoms with Crippen molar-refractivity contribution < 1.29 is 23.8 Å². The third kappa shape index (κ3) is 2.97. The Morgan fingerprint density at radius 3 is 2.62 bits per heavy atom. The van der Waals surface area contributed by atoms with E-state index in [1.165, 1.54) is 26.4 Å². The Morgan fingerprint density at radius 1 is 1.33 bits per heavy atom. The van der Waals surface area contributed by atoms with Crippen molar-refractivity contribution >= 4 is 16.9 Å². The molecule has 2 rings (SSSR count). The quantitative estimate of drug-likeness (QED) is 0.783. The van der Waals surface area contributed by atoms with Crippen molar-refractivity contribution in [3.63, 3.8) is 0 Å². The molecule has 7 heteroatoms. The first-order chi connectivity index (χ1) is 9.96. The van der Waals surface area contributed by atoms with Gasteiger partial charge in [-0.3, -0.25) is 4.79 Å². The Labute approximate surface area is 119 Å². The van der Waals surface area contributed by atoms with Crippen LogP contribution in [0.3, 0.4) is 0 Å². The Hall–Kier alpha value is -2.54. The molecule has 21 heavy (non-hydrogen) atoms. The van der Waals surface area contributed by atoms with Crippen LogP contribution in [0.1, 0.15) is 5.56 Å². The van der Waals surface area contributed by atoms with Crippen LogP contribution in [0.25, 0.3) is 11.0 Å². The molecule has 112 valence electrons. The number of ether oxygens (including phenoxy) is 2. The number of fused-ring (bicyclic) bond motifs is 1. The Morgan fingerprint density at radius 2 is 2.05 bits per heavy atom. The summed E-state index contributed by atoms with van der Waals surface area (Å²) < 4.78 is 15.5. The van der Waals surface area contributed by atoms with E-state index in [2.05, 4.69) is 0 Å². The lowest BCUT2D eigenvalue weighted by Crippen LogP contribution is -2.32. The number of nitrogens with two attached hydrogens (primary N) is 1. The van der Waals surface area contributed by atoms with Crippen LogP contribution >= 0.6 is 0 Å². The number of benzene rings is 1. The zero-order valence-electron chi connectivity index (χ0n) is 11.6. The SMILES string of the molecule is COc1cc(OC)c2c(CC(N)C(=O)O)cc(=O)oc2c1. The summed E-state index contributed by atoms with van der Waals surface area (Å²) in [5, 5.41) is 9.42. The van der Waals surface area contributed by atoms with Crippen molar-refractivity contribution in [3.8, 4) is 11.5 Å². The molecule has 1 atom stereocenters. The van der Waals surface area contributed by atoms with Crippen LogP contribution in [0.2, 0.25) is 0 Å². The lowest BCUT2D eigenvalue weighted by molar-refractivity contribution is -0.138. The molecule has 0 saturated carbocycles. The van der Waals surface area contributed by atoms with E-state index in [1.807, 2.05) is 0 Å². The fraction of sp³-hybridized carbons (Fsp3) is 0.286. The third-order valence-corrected chi connectivity index (χ3v) is 3.08. The summed E-state index contributed by atoms with van der Waals surface area (Å²) in [4.78, 5) is 22.5. The molecular formula is C14H15NO6. The van der Waals surface area contributed by atoms with Crippen molar-refractivity contribution in [2.24, 2.45) is 5.73 Å². The van der Waals surface area contributed by atoms with Crippen LogP contribution in [-0.2, 0) is 11.2 Å². The third-order valence-electron chi connectivity index (χ3n) is 3.08. The van der Waals surface area contributed by atoms with Crippen LogP contribution in [0.5, 0.6) is 11.5 Å². The van der Waals surface area contributed by atoms with Crippen molar-refractivity contribution in [2.45, 2.75) is 12.5 Å². The van der Waals surface area contributed by atoms with E-state index in [1.54, 1.807) is 6.07 Å². The van der Waals surface area contributed by atoms with E-state index in [-0.39, 0.29) is 12.0 Å². The first-order valence-corrected chi connectivity index (χ1v) is 6.13. The minimum Gasteiger partial charge on any atom is -0.496 e. The van der Waals surface area contributed by atoms with E-state index < -0.39 is 17.6 Å². The van der Waals surface area contributed by atoms with Crippen molar-refractivity contribution in [2.75, 3.05) is 14.2 Å². The van der Waals surface area contributed by atoms with E-state index in [9.17, 15) is 9.59 Å². The van der Waals surface area contributed by atoms with Gasteiger partial charge in [-0.15, -0.1) is 0 Å².